The lowest BCUT2D eigenvalue weighted by molar-refractivity contribution is -0.139. The molecule has 3 N–H and O–H groups in total. The summed E-state index contributed by atoms with van der Waals surface area (Å²) >= 11 is 3.41. The van der Waals surface area contributed by atoms with Crippen LogP contribution in [0, 0.1) is 0 Å². The van der Waals surface area contributed by atoms with Crippen LogP contribution in [0.2, 0.25) is 0 Å². The van der Waals surface area contributed by atoms with Crippen molar-refractivity contribution in [3.05, 3.63) is 0 Å². The minimum Gasteiger partial charge on any atom is -0.396 e. The number of amides is 3. The highest BCUT2D eigenvalue weighted by atomic mass is 127. The third-order valence-electron chi connectivity index (χ3n) is 2.35. The first-order chi connectivity index (χ1) is 10.5. The monoisotopic (exact) mass is 543 g/mol. The molecule has 0 unspecified atom stereocenters. The molecule has 0 rings (SSSR count). The molecule has 9 nitrogen and oxygen atoms in total. The van der Waals surface area contributed by atoms with Crippen LogP contribution in [0.3, 0.4) is 0 Å². The Morgan fingerprint density at radius 1 is 0.955 bits per heavy atom. The van der Waals surface area contributed by atoms with E-state index in [9.17, 15) is 14.4 Å². The molecule has 0 aliphatic rings. The predicted octanol–water partition coefficient (Wildman–Crippen LogP) is -0.837. The van der Waals surface area contributed by atoms with E-state index in [0.717, 1.165) is 4.90 Å². The third-order valence-corrected chi connectivity index (χ3v) is 3.23. The Balaban J connectivity index is 4.39. The van der Waals surface area contributed by atoms with Gasteiger partial charge in [-0.25, -0.2) is 0 Å². The molecule has 0 aromatic rings. The Kier molecular flexibility index (Phi) is 14.2. The van der Waals surface area contributed by atoms with Crippen molar-refractivity contribution in [1.29, 1.82) is 0 Å². The van der Waals surface area contributed by atoms with Crippen molar-refractivity contribution < 1.29 is 25.6 Å². The van der Waals surface area contributed by atoms with E-state index in [1.54, 1.807) is 46.0 Å². The number of halogens is 2. The number of hydrogen-bond donors (Lipinski definition) is 3. The molecule has 0 aromatic carbocycles. The Morgan fingerprint density at radius 2 is 1.41 bits per heavy atom. The average Bonchev–Trinajstić information content (AvgIpc) is 2.47. The maximum Gasteiger partial charge on any atom is 0.239 e. The Hall–Kier alpha value is -0.250. The molecule has 0 heterocycles. The van der Waals surface area contributed by atoms with E-state index in [2.05, 4.69) is 10.6 Å². The molecular formula is C11H19I2N3O6. The second-order valence-electron chi connectivity index (χ2n) is 4.05. The summed E-state index contributed by atoms with van der Waals surface area (Å²) < 4.78 is 9.54. The lowest BCUT2D eigenvalue weighted by atomic mass is 10.3. The van der Waals surface area contributed by atoms with Crippen LogP contribution in [0.4, 0.5) is 0 Å². The van der Waals surface area contributed by atoms with Crippen molar-refractivity contribution >= 4 is 63.7 Å². The minimum absolute atomic E-state index is 0.145. The first-order valence-electron chi connectivity index (χ1n) is 6.44. The molecule has 0 fully saturated rings. The zero-order valence-corrected chi connectivity index (χ0v) is 16.2. The number of carbonyl (C=O) groups excluding carboxylic acids is 3. The van der Waals surface area contributed by atoms with E-state index >= 15 is 0 Å². The number of hydrogen-bond acceptors (Lipinski definition) is 6. The van der Waals surface area contributed by atoms with Crippen LogP contribution in [-0.2, 0) is 20.5 Å². The van der Waals surface area contributed by atoms with Gasteiger partial charge in [0.15, 0.2) is 0 Å². The number of nitrogens with one attached hydrogen (secondary N) is 2. The molecule has 0 aromatic heterocycles. The third kappa shape index (κ3) is 11.3. The smallest absolute Gasteiger partial charge is 0.239 e. The molecule has 0 atom stereocenters. The predicted molar refractivity (Wildman–Crippen MR) is 94.2 cm³/mol. The summed E-state index contributed by atoms with van der Waals surface area (Å²) in [6.45, 7) is 0.448. The minimum atomic E-state index is -0.469. The molecule has 0 saturated heterocycles. The van der Waals surface area contributed by atoms with Crippen molar-refractivity contribution in [2.75, 3.05) is 46.0 Å². The average molecular weight is 543 g/mol. The van der Waals surface area contributed by atoms with Crippen LogP contribution in [0.25, 0.3) is 0 Å². The number of aliphatic hydroxyl groups is 1. The second-order valence-corrected chi connectivity index (χ2v) is 5.30. The van der Waals surface area contributed by atoms with Crippen molar-refractivity contribution in [1.82, 2.24) is 15.5 Å². The van der Waals surface area contributed by atoms with Gasteiger partial charge in [0.1, 0.15) is 59.1 Å². The summed E-state index contributed by atoms with van der Waals surface area (Å²) in [6, 6.07) is 0. The Bertz CT molecular complexity index is 335. The molecule has 22 heavy (non-hydrogen) atoms. The molecule has 0 aliphatic heterocycles. The van der Waals surface area contributed by atoms with Gasteiger partial charge in [0.2, 0.25) is 17.7 Å². The molecule has 0 aliphatic carbocycles. The lowest BCUT2D eigenvalue weighted by Crippen LogP contribution is -2.46. The summed E-state index contributed by atoms with van der Waals surface area (Å²) in [7, 11) is 0. The zero-order chi connectivity index (χ0) is 16.8. The maximum absolute atomic E-state index is 11.8. The summed E-state index contributed by atoms with van der Waals surface area (Å²) in [5.74, 6) is -1.27. The molecular weight excluding hydrogens is 524 g/mol. The van der Waals surface area contributed by atoms with Crippen LogP contribution in [-0.4, -0.2) is 73.7 Å². The largest absolute Gasteiger partial charge is 0.396 e. The van der Waals surface area contributed by atoms with Gasteiger partial charge < -0.3 is 26.8 Å². The Labute approximate surface area is 156 Å². The maximum atomic E-state index is 11.8. The van der Waals surface area contributed by atoms with E-state index in [4.69, 9.17) is 11.2 Å². The van der Waals surface area contributed by atoms with E-state index < -0.39 is 17.7 Å². The number of aliphatic hydroxyl groups excluding tert-OH is 1. The van der Waals surface area contributed by atoms with Gasteiger partial charge in [-0.3, -0.25) is 14.4 Å². The van der Waals surface area contributed by atoms with Crippen molar-refractivity contribution in [3.8, 4) is 0 Å². The van der Waals surface area contributed by atoms with E-state index in [1.807, 2.05) is 0 Å². The van der Waals surface area contributed by atoms with Gasteiger partial charge >= 0.3 is 0 Å². The first-order valence-corrected chi connectivity index (χ1v) is 8.20. The van der Waals surface area contributed by atoms with Gasteiger partial charge in [0.05, 0.1) is 19.8 Å². The van der Waals surface area contributed by atoms with Gasteiger partial charge in [-0.1, -0.05) is 0 Å². The van der Waals surface area contributed by atoms with Gasteiger partial charge in [-0.15, -0.1) is 0 Å². The topological polar surface area (TPSA) is 117 Å². The van der Waals surface area contributed by atoms with Crippen LogP contribution < -0.4 is 10.6 Å². The fraction of sp³-hybridized carbons (Fsp3) is 0.727. The molecule has 0 bridgehead atoms. The summed E-state index contributed by atoms with van der Waals surface area (Å²) in [5.41, 5.74) is 0. The molecule has 0 radical (unpaired) electrons. The summed E-state index contributed by atoms with van der Waals surface area (Å²) in [6.07, 6.45) is -0.145. The fourth-order valence-electron chi connectivity index (χ4n) is 1.40. The van der Waals surface area contributed by atoms with Crippen LogP contribution in [0.15, 0.2) is 0 Å². The lowest BCUT2D eigenvalue weighted by Gasteiger charge is -2.21. The van der Waals surface area contributed by atoms with Gasteiger partial charge in [-0.05, 0) is 0 Å². The standard InChI is InChI=1S/C11H19I2N3O6/c12-21-5-2-14-9(18)7-16(11(20)1-4-17)8-10(19)15-3-6-22-13/h17H,1-8H2,(H,14,18)(H,15,19). The molecule has 128 valence electrons. The van der Waals surface area contributed by atoms with Crippen molar-refractivity contribution in [2.45, 2.75) is 6.42 Å². The van der Waals surface area contributed by atoms with Crippen LogP contribution in [0.1, 0.15) is 6.42 Å². The van der Waals surface area contributed by atoms with Crippen molar-refractivity contribution in [3.63, 3.8) is 0 Å². The Morgan fingerprint density at radius 3 is 1.77 bits per heavy atom. The molecule has 11 heteroatoms. The number of rotatable bonds is 12. The first kappa shape index (κ1) is 21.8. The number of carbonyl (C=O) groups is 3. The quantitative estimate of drug-likeness (QED) is 0.219. The fourth-order valence-corrected chi connectivity index (χ4v) is 1.84. The summed E-state index contributed by atoms with van der Waals surface area (Å²) in [5, 5.41) is 13.9. The van der Waals surface area contributed by atoms with Gasteiger partial charge in [0, 0.05) is 19.5 Å². The van der Waals surface area contributed by atoms with E-state index in [1.165, 1.54) is 0 Å². The molecule has 0 saturated carbocycles. The highest BCUT2D eigenvalue weighted by Crippen LogP contribution is 1.95. The zero-order valence-electron chi connectivity index (χ0n) is 11.8. The number of nitrogens with zero attached hydrogens (tertiary/aromatic N) is 1. The molecule has 0 spiro atoms. The second kappa shape index (κ2) is 14.3. The van der Waals surface area contributed by atoms with Gasteiger partial charge in [-0.2, -0.15) is 0 Å². The summed E-state index contributed by atoms with van der Waals surface area (Å²) in [4.78, 5) is 36.3. The highest BCUT2D eigenvalue weighted by Gasteiger charge is 2.19. The van der Waals surface area contributed by atoms with Crippen LogP contribution in [0.5, 0.6) is 0 Å². The van der Waals surface area contributed by atoms with Crippen LogP contribution >= 0.6 is 46.0 Å². The van der Waals surface area contributed by atoms with Crippen molar-refractivity contribution in [2.24, 2.45) is 0 Å². The highest BCUT2D eigenvalue weighted by molar-refractivity contribution is 14.1. The van der Waals surface area contributed by atoms with E-state index in [-0.39, 0.29) is 26.1 Å². The van der Waals surface area contributed by atoms with Gasteiger partial charge in [0.25, 0.3) is 0 Å². The molecule has 3 amide bonds. The van der Waals surface area contributed by atoms with E-state index in [0.29, 0.717) is 26.3 Å². The normalized spacial score (nSPS) is 10.1. The SMILES string of the molecule is O=C(CN(CC(=O)NCCOI)C(=O)CCO)NCCOI.